The van der Waals surface area contributed by atoms with Gasteiger partial charge in [-0.05, 0) is 47.5 Å². The van der Waals surface area contributed by atoms with Gasteiger partial charge in [0.1, 0.15) is 0 Å². The fourth-order valence-electron chi connectivity index (χ4n) is 1.71. The molecule has 0 unspecified atom stereocenters. The Morgan fingerprint density at radius 3 is 2.59 bits per heavy atom. The summed E-state index contributed by atoms with van der Waals surface area (Å²) in [7, 11) is 0. The lowest BCUT2D eigenvalue weighted by atomic mass is 10.2. The minimum atomic E-state index is 0.525. The molecule has 0 saturated carbocycles. The van der Waals surface area contributed by atoms with E-state index in [1.54, 1.807) is 0 Å². The summed E-state index contributed by atoms with van der Waals surface area (Å²) in [5.74, 6) is 0. The van der Waals surface area contributed by atoms with Crippen molar-refractivity contribution in [2.24, 2.45) is 5.73 Å². The molecule has 0 aliphatic heterocycles. The first kappa shape index (κ1) is 12.6. The highest BCUT2D eigenvalue weighted by Gasteiger charge is 2.12. The molecular weight excluding hydrogens is 302 g/mol. The van der Waals surface area contributed by atoms with E-state index in [-0.39, 0.29) is 0 Å². The van der Waals surface area contributed by atoms with Crippen LogP contribution in [0.2, 0.25) is 5.02 Å². The molecule has 3 nitrogen and oxygen atoms in total. The first-order valence-electron chi connectivity index (χ1n) is 5.25. The number of nitrogens with zero attached hydrogens (tertiary/aromatic N) is 2. The Bertz CT molecular complexity index is 563. The van der Waals surface area contributed by atoms with Gasteiger partial charge in [0.05, 0.1) is 22.1 Å². The van der Waals surface area contributed by atoms with Gasteiger partial charge in [-0.3, -0.25) is 0 Å². The summed E-state index contributed by atoms with van der Waals surface area (Å²) in [4.78, 5) is 0. The minimum Gasteiger partial charge on any atom is -0.326 e. The normalized spacial score (nSPS) is 10.9. The fraction of sp³-hybridized carbons (Fsp3) is 0.250. The van der Waals surface area contributed by atoms with Crippen LogP contribution >= 0.6 is 27.5 Å². The summed E-state index contributed by atoms with van der Waals surface area (Å²) in [5.41, 5.74) is 9.41. The van der Waals surface area contributed by atoms with E-state index in [0.29, 0.717) is 11.6 Å². The van der Waals surface area contributed by atoms with E-state index in [1.165, 1.54) is 0 Å². The number of hydrogen-bond acceptors (Lipinski definition) is 2. The Morgan fingerprint density at radius 2 is 2.12 bits per heavy atom. The van der Waals surface area contributed by atoms with Crippen LogP contribution in [0.15, 0.2) is 22.7 Å². The Balaban J connectivity index is 2.57. The van der Waals surface area contributed by atoms with Gasteiger partial charge in [0.2, 0.25) is 0 Å². The third-order valence-electron chi connectivity index (χ3n) is 2.68. The topological polar surface area (TPSA) is 43.8 Å². The standard InChI is InChI=1S/C12H13BrClN3/c1-7-12(14)8(2)17(16-7)11-4-3-9(6-15)5-10(11)13/h3-5H,6,15H2,1-2H3. The van der Waals surface area contributed by atoms with Crippen LogP contribution in [0.1, 0.15) is 17.0 Å². The van der Waals surface area contributed by atoms with E-state index in [9.17, 15) is 0 Å². The van der Waals surface area contributed by atoms with E-state index >= 15 is 0 Å². The first-order valence-corrected chi connectivity index (χ1v) is 6.42. The molecule has 2 rings (SSSR count). The van der Waals surface area contributed by atoms with E-state index in [1.807, 2.05) is 36.7 Å². The molecule has 0 atom stereocenters. The zero-order valence-corrected chi connectivity index (χ0v) is 12.0. The minimum absolute atomic E-state index is 0.525. The van der Waals surface area contributed by atoms with Crippen molar-refractivity contribution in [2.75, 3.05) is 0 Å². The third-order valence-corrected chi connectivity index (χ3v) is 3.86. The number of halogens is 2. The van der Waals surface area contributed by atoms with Gasteiger partial charge in [0, 0.05) is 11.0 Å². The first-order chi connectivity index (χ1) is 8.04. The average molecular weight is 315 g/mol. The monoisotopic (exact) mass is 313 g/mol. The maximum absolute atomic E-state index is 6.14. The summed E-state index contributed by atoms with van der Waals surface area (Å²) in [6.07, 6.45) is 0. The number of nitrogens with two attached hydrogens (primary N) is 1. The molecule has 0 bridgehead atoms. The van der Waals surface area contributed by atoms with Crippen LogP contribution in [0.25, 0.3) is 5.69 Å². The summed E-state index contributed by atoms with van der Waals surface area (Å²) in [5, 5.41) is 5.13. The molecule has 0 saturated heterocycles. The highest BCUT2D eigenvalue weighted by molar-refractivity contribution is 9.10. The highest BCUT2D eigenvalue weighted by Crippen LogP contribution is 2.27. The predicted octanol–water partition coefficient (Wildman–Crippen LogP) is 3.36. The van der Waals surface area contributed by atoms with Gasteiger partial charge in [-0.25, -0.2) is 4.68 Å². The summed E-state index contributed by atoms with van der Waals surface area (Å²) in [6, 6.07) is 5.98. The molecule has 0 spiro atoms. The lowest BCUT2D eigenvalue weighted by molar-refractivity contribution is 0.828. The van der Waals surface area contributed by atoms with Crippen molar-refractivity contribution < 1.29 is 0 Å². The van der Waals surface area contributed by atoms with Crippen molar-refractivity contribution in [3.63, 3.8) is 0 Å². The zero-order chi connectivity index (χ0) is 12.6. The smallest absolute Gasteiger partial charge is 0.0848 e. The largest absolute Gasteiger partial charge is 0.326 e. The quantitative estimate of drug-likeness (QED) is 0.923. The molecule has 1 aromatic carbocycles. The van der Waals surface area contributed by atoms with Crippen molar-refractivity contribution in [3.8, 4) is 5.69 Å². The fourth-order valence-corrected chi connectivity index (χ4v) is 2.42. The van der Waals surface area contributed by atoms with Gasteiger partial charge < -0.3 is 5.73 Å². The third kappa shape index (κ3) is 2.25. The molecule has 0 fully saturated rings. The van der Waals surface area contributed by atoms with Gasteiger partial charge in [-0.1, -0.05) is 17.7 Å². The summed E-state index contributed by atoms with van der Waals surface area (Å²) >= 11 is 9.67. The molecule has 0 radical (unpaired) electrons. The molecule has 5 heteroatoms. The SMILES string of the molecule is Cc1nn(-c2ccc(CN)cc2Br)c(C)c1Cl. The molecule has 17 heavy (non-hydrogen) atoms. The second kappa shape index (κ2) is 4.80. The maximum Gasteiger partial charge on any atom is 0.0848 e. The van der Waals surface area contributed by atoms with Crippen molar-refractivity contribution in [3.05, 3.63) is 44.6 Å². The maximum atomic E-state index is 6.14. The number of aryl methyl sites for hydroxylation is 1. The zero-order valence-electron chi connectivity index (χ0n) is 9.67. The average Bonchev–Trinajstić information content (AvgIpc) is 2.57. The Hall–Kier alpha value is -0.840. The van der Waals surface area contributed by atoms with Gasteiger partial charge in [0.25, 0.3) is 0 Å². The molecule has 1 aromatic heterocycles. The predicted molar refractivity (Wildman–Crippen MR) is 73.6 cm³/mol. The van der Waals surface area contributed by atoms with Crippen LogP contribution in [0.3, 0.4) is 0 Å². The lowest BCUT2D eigenvalue weighted by Crippen LogP contribution is -2.02. The van der Waals surface area contributed by atoms with Crippen LogP contribution in [-0.2, 0) is 6.54 Å². The molecule has 0 amide bonds. The summed E-state index contributed by atoms with van der Waals surface area (Å²) in [6.45, 7) is 4.37. The van der Waals surface area contributed by atoms with Crippen LogP contribution in [0.5, 0.6) is 0 Å². The van der Waals surface area contributed by atoms with E-state index < -0.39 is 0 Å². The van der Waals surface area contributed by atoms with Crippen LogP contribution in [0, 0.1) is 13.8 Å². The second-order valence-corrected chi connectivity index (χ2v) is 5.12. The molecule has 2 N–H and O–H groups in total. The van der Waals surface area contributed by atoms with Crippen molar-refractivity contribution >= 4 is 27.5 Å². The van der Waals surface area contributed by atoms with E-state index in [4.69, 9.17) is 17.3 Å². The Labute approximate surface area is 114 Å². The molecule has 90 valence electrons. The van der Waals surface area contributed by atoms with E-state index in [0.717, 1.165) is 27.1 Å². The van der Waals surface area contributed by atoms with Crippen LogP contribution < -0.4 is 5.73 Å². The number of benzene rings is 1. The Morgan fingerprint density at radius 1 is 1.41 bits per heavy atom. The van der Waals surface area contributed by atoms with Crippen molar-refractivity contribution in [1.29, 1.82) is 0 Å². The lowest BCUT2D eigenvalue weighted by Gasteiger charge is -2.08. The molecule has 2 aromatic rings. The highest BCUT2D eigenvalue weighted by atomic mass is 79.9. The van der Waals surface area contributed by atoms with Crippen LogP contribution in [0.4, 0.5) is 0 Å². The van der Waals surface area contributed by atoms with Crippen molar-refractivity contribution in [1.82, 2.24) is 9.78 Å². The van der Waals surface area contributed by atoms with Gasteiger partial charge in [0.15, 0.2) is 0 Å². The van der Waals surface area contributed by atoms with E-state index in [2.05, 4.69) is 21.0 Å². The second-order valence-electron chi connectivity index (χ2n) is 3.89. The summed E-state index contributed by atoms with van der Waals surface area (Å²) < 4.78 is 2.80. The Kier molecular flexibility index (Phi) is 3.56. The van der Waals surface area contributed by atoms with Gasteiger partial charge >= 0.3 is 0 Å². The molecule has 1 heterocycles. The van der Waals surface area contributed by atoms with Gasteiger partial charge in [-0.15, -0.1) is 0 Å². The number of aromatic nitrogens is 2. The van der Waals surface area contributed by atoms with Crippen molar-refractivity contribution in [2.45, 2.75) is 20.4 Å². The van der Waals surface area contributed by atoms with Gasteiger partial charge in [-0.2, -0.15) is 5.10 Å². The molecule has 0 aliphatic rings. The number of rotatable bonds is 2. The molecular formula is C12H13BrClN3. The van der Waals surface area contributed by atoms with Crippen LogP contribution in [-0.4, -0.2) is 9.78 Å². The number of hydrogen-bond donors (Lipinski definition) is 1. The molecule has 0 aliphatic carbocycles.